The molecule has 0 bridgehead atoms. The van der Waals surface area contributed by atoms with Crippen LogP contribution in [-0.4, -0.2) is 28.8 Å². The van der Waals surface area contributed by atoms with Crippen molar-refractivity contribution >= 4 is 35.0 Å². The Balaban J connectivity index is 2.31. The Morgan fingerprint density at radius 3 is 2.29 bits per heavy atom. The lowest BCUT2D eigenvalue weighted by Crippen LogP contribution is -2.65. The molecule has 1 N–H and O–H groups in total. The van der Waals surface area contributed by atoms with Crippen molar-refractivity contribution in [2.45, 2.75) is 38.8 Å². The van der Waals surface area contributed by atoms with Gasteiger partial charge in [-0.3, -0.25) is 9.59 Å². The van der Waals surface area contributed by atoms with Crippen molar-refractivity contribution in [1.29, 1.82) is 0 Å². The third-order valence-corrected chi connectivity index (χ3v) is 4.74. The van der Waals surface area contributed by atoms with E-state index in [1.807, 2.05) is 13.8 Å². The van der Waals surface area contributed by atoms with Gasteiger partial charge < -0.3 is 10.2 Å². The summed E-state index contributed by atoms with van der Waals surface area (Å²) in [4.78, 5) is 26.2. The van der Waals surface area contributed by atoms with Gasteiger partial charge in [0.15, 0.2) is 0 Å². The van der Waals surface area contributed by atoms with Gasteiger partial charge in [0, 0.05) is 22.2 Å². The number of rotatable bonds is 4. The minimum absolute atomic E-state index is 0.0299. The van der Waals surface area contributed by atoms with Crippen LogP contribution in [0.15, 0.2) is 18.2 Å². The summed E-state index contributed by atoms with van der Waals surface area (Å²) in [5.41, 5.74) is -0.145. The number of piperazine rings is 1. The van der Waals surface area contributed by atoms with Crippen molar-refractivity contribution < 1.29 is 9.59 Å². The lowest BCUT2D eigenvalue weighted by atomic mass is 9.88. The summed E-state index contributed by atoms with van der Waals surface area (Å²) in [5.74, 6) is -0.232. The normalized spacial score (nSPS) is 17.8. The fraction of sp³-hybridized carbons (Fsp3) is 0.467. The van der Waals surface area contributed by atoms with E-state index in [1.54, 1.807) is 18.2 Å². The van der Waals surface area contributed by atoms with E-state index in [0.717, 1.165) is 0 Å². The first kappa shape index (κ1) is 16.1. The maximum absolute atomic E-state index is 12.7. The van der Waals surface area contributed by atoms with Crippen LogP contribution in [0.4, 0.5) is 0 Å². The second-order valence-electron chi connectivity index (χ2n) is 5.20. The second-order valence-corrected chi connectivity index (χ2v) is 6.01. The lowest BCUT2D eigenvalue weighted by molar-refractivity contribution is -0.151. The van der Waals surface area contributed by atoms with Crippen LogP contribution in [0.1, 0.15) is 32.3 Å². The number of benzene rings is 1. The molecular weight excluding hydrogens is 311 g/mol. The molecule has 0 atom stereocenters. The van der Waals surface area contributed by atoms with Gasteiger partial charge in [0.25, 0.3) is 0 Å². The summed E-state index contributed by atoms with van der Waals surface area (Å²) in [6, 6.07) is 5.20. The molecule has 1 aliphatic rings. The number of carbonyl (C=O) groups excluding carboxylic acids is 2. The summed E-state index contributed by atoms with van der Waals surface area (Å²) in [5, 5.41) is 3.83. The average molecular weight is 329 g/mol. The molecule has 2 rings (SSSR count). The molecule has 1 aromatic rings. The molecular formula is C15H18Cl2N2O2. The van der Waals surface area contributed by atoms with Crippen molar-refractivity contribution in [2.75, 3.05) is 6.54 Å². The fourth-order valence-electron chi connectivity index (χ4n) is 2.64. The van der Waals surface area contributed by atoms with Crippen LogP contribution in [0.3, 0.4) is 0 Å². The molecule has 1 fully saturated rings. The summed E-state index contributed by atoms with van der Waals surface area (Å²) >= 11 is 12.3. The number of nitrogens with one attached hydrogen (secondary N) is 1. The Labute approximate surface area is 134 Å². The lowest BCUT2D eigenvalue weighted by Gasteiger charge is -2.41. The molecule has 1 saturated heterocycles. The molecule has 114 valence electrons. The minimum Gasteiger partial charge on any atom is -0.340 e. The Bertz CT molecular complexity index is 551. The van der Waals surface area contributed by atoms with Crippen molar-refractivity contribution in [3.05, 3.63) is 33.8 Å². The molecule has 0 saturated carbocycles. The largest absolute Gasteiger partial charge is 0.340 e. The first-order valence-electron chi connectivity index (χ1n) is 6.96. The summed E-state index contributed by atoms with van der Waals surface area (Å²) in [7, 11) is 0. The van der Waals surface area contributed by atoms with Crippen LogP contribution >= 0.6 is 23.2 Å². The number of hydrogen-bond donors (Lipinski definition) is 1. The van der Waals surface area contributed by atoms with Crippen LogP contribution in [0.2, 0.25) is 10.0 Å². The maximum Gasteiger partial charge on any atom is 0.249 e. The first-order chi connectivity index (χ1) is 9.93. The Morgan fingerprint density at radius 2 is 1.76 bits per heavy atom. The summed E-state index contributed by atoms with van der Waals surface area (Å²) < 4.78 is 0. The van der Waals surface area contributed by atoms with Crippen molar-refractivity contribution in [3.63, 3.8) is 0 Å². The van der Waals surface area contributed by atoms with E-state index in [4.69, 9.17) is 23.2 Å². The van der Waals surface area contributed by atoms with Gasteiger partial charge in [-0.2, -0.15) is 0 Å². The standard InChI is InChI=1S/C15H18Cl2N2O2/c1-3-15(4-2)14(21)19(9-13(20)18-15)8-10-11(16)6-5-7-12(10)17/h5-7H,3-4,8-9H2,1-2H3,(H,18,20). The molecule has 0 spiro atoms. The van der Waals surface area contributed by atoms with E-state index in [9.17, 15) is 9.59 Å². The van der Waals surface area contributed by atoms with Crippen molar-refractivity contribution in [2.24, 2.45) is 0 Å². The van der Waals surface area contributed by atoms with Crippen LogP contribution in [0.5, 0.6) is 0 Å². The van der Waals surface area contributed by atoms with E-state index < -0.39 is 5.54 Å². The van der Waals surface area contributed by atoms with Gasteiger partial charge in [-0.15, -0.1) is 0 Å². The quantitative estimate of drug-likeness (QED) is 0.923. The maximum atomic E-state index is 12.7. The van der Waals surface area contributed by atoms with Crippen LogP contribution in [0.25, 0.3) is 0 Å². The first-order valence-corrected chi connectivity index (χ1v) is 7.72. The molecule has 21 heavy (non-hydrogen) atoms. The third kappa shape index (κ3) is 3.01. The molecule has 0 aromatic heterocycles. The second kappa shape index (κ2) is 6.24. The highest BCUT2D eigenvalue weighted by Crippen LogP contribution is 2.29. The molecule has 4 nitrogen and oxygen atoms in total. The number of nitrogens with zero attached hydrogens (tertiary/aromatic N) is 1. The monoisotopic (exact) mass is 328 g/mol. The van der Waals surface area contributed by atoms with Crippen LogP contribution in [-0.2, 0) is 16.1 Å². The van der Waals surface area contributed by atoms with Crippen molar-refractivity contribution in [1.82, 2.24) is 10.2 Å². The zero-order valence-corrected chi connectivity index (χ0v) is 13.6. The number of halogens is 2. The van der Waals surface area contributed by atoms with Gasteiger partial charge in [0.05, 0.1) is 6.54 Å². The topological polar surface area (TPSA) is 49.4 Å². The molecule has 1 heterocycles. The number of amides is 2. The molecule has 6 heteroatoms. The Kier molecular flexibility index (Phi) is 4.79. The zero-order valence-electron chi connectivity index (χ0n) is 12.1. The van der Waals surface area contributed by atoms with Crippen molar-refractivity contribution in [3.8, 4) is 0 Å². The average Bonchev–Trinajstić information content (AvgIpc) is 2.46. The van der Waals surface area contributed by atoms with E-state index in [-0.39, 0.29) is 24.9 Å². The van der Waals surface area contributed by atoms with Gasteiger partial charge in [-0.1, -0.05) is 43.1 Å². The van der Waals surface area contributed by atoms with Crippen LogP contribution < -0.4 is 5.32 Å². The predicted octanol–water partition coefficient (Wildman–Crippen LogP) is 3.01. The van der Waals surface area contributed by atoms with Gasteiger partial charge in [0.1, 0.15) is 5.54 Å². The molecule has 0 aliphatic carbocycles. The fourth-order valence-corrected chi connectivity index (χ4v) is 3.16. The van der Waals surface area contributed by atoms with Gasteiger partial charge in [-0.05, 0) is 25.0 Å². The Morgan fingerprint density at radius 1 is 1.19 bits per heavy atom. The van der Waals surface area contributed by atoms with Gasteiger partial charge in [-0.25, -0.2) is 0 Å². The number of hydrogen-bond acceptors (Lipinski definition) is 2. The third-order valence-electron chi connectivity index (χ3n) is 4.03. The summed E-state index contributed by atoms with van der Waals surface area (Å²) in [6.45, 7) is 4.07. The van der Waals surface area contributed by atoms with Crippen LogP contribution in [0, 0.1) is 0 Å². The highest BCUT2D eigenvalue weighted by molar-refractivity contribution is 6.36. The van der Waals surface area contributed by atoms with Gasteiger partial charge in [0.2, 0.25) is 11.8 Å². The molecule has 0 radical (unpaired) electrons. The predicted molar refractivity (Wildman–Crippen MR) is 83.3 cm³/mol. The molecule has 1 aliphatic heterocycles. The summed E-state index contributed by atoms with van der Waals surface area (Å²) in [6.07, 6.45) is 1.11. The van der Waals surface area contributed by atoms with E-state index >= 15 is 0 Å². The number of carbonyl (C=O) groups is 2. The molecule has 0 unspecified atom stereocenters. The zero-order chi connectivity index (χ0) is 15.6. The highest BCUT2D eigenvalue weighted by Gasteiger charge is 2.44. The van der Waals surface area contributed by atoms with Gasteiger partial charge >= 0.3 is 0 Å². The molecule has 1 aromatic carbocycles. The Hall–Kier alpha value is -1.26. The minimum atomic E-state index is -0.816. The smallest absolute Gasteiger partial charge is 0.249 e. The van der Waals surface area contributed by atoms with E-state index in [1.165, 1.54) is 4.90 Å². The molecule has 2 amide bonds. The SMILES string of the molecule is CCC1(CC)NC(=O)CN(Cc2c(Cl)cccc2Cl)C1=O. The highest BCUT2D eigenvalue weighted by atomic mass is 35.5. The van der Waals surface area contributed by atoms with E-state index in [0.29, 0.717) is 28.5 Å². The van der Waals surface area contributed by atoms with E-state index in [2.05, 4.69) is 5.32 Å².